The van der Waals surface area contributed by atoms with Gasteiger partial charge < -0.3 is 10.0 Å². The molecule has 7 nitrogen and oxygen atoms in total. The van der Waals surface area contributed by atoms with Crippen LogP contribution in [0.3, 0.4) is 0 Å². The number of β-amino-alcohol motifs (C(OH)–C–C–N with tert-alkyl or cyclic N) is 1. The summed E-state index contributed by atoms with van der Waals surface area (Å²) in [7, 11) is 0. The number of nitrogens with zero attached hydrogens (tertiary/aromatic N) is 3. The summed E-state index contributed by atoms with van der Waals surface area (Å²) in [5, 5.41) is 19.7. The minimum Gasteiger partial charge on any atom is -0.395 e. The first-order valence-electron chi connectivity index (χ1n) is 6.47. The highest BCUT2D eigenvalue weighted by molar-refractivity contribution is 5.83. The number of hydrogen-bond donors (Lipinski definition) is 1. The molecule has 1 fully saturated rings. The van der Waals surface area contributed by atoms with E-state index in [4.69, 9.17) is 5.11 Å². The van der Waals surface area contributed by atoms with E-state index in [1.165, 1.54) is 6.07 Å². The predicted molar refractivity (Wildman–Crippen MR) is 74.2 cm³/mol. The Balaban J connectivity index is 2.10. The van der Waals surface area contributed by atoms with E-state index in [9.17, 15) is 14.9 Å². The number of rotatable bonds is 5. The summed E-state index contributed by atoms with van der Waals surface area (Å²) < 4.78 is 0. The fourth-order valence-electron chi connectivity index (χ4n) is 2.37. The van der Waals surface area contributed by atoms with E-state index in [2.05, 4.69) is 9.80 Å². The van der Waals surface area contributed by atoms with Crippen LogP contribution in [0, 0.1) is 10.1 Å². The molecule has 1 aliphatic rings. The fourth-order valence-corrected chi connectivity index (χ4v) is 2.37. The van der Waals surface area contributed by atoms with Crippen LogP contribution in [0.25, 0.3) is 0 Å². The average Bonchev–Trinajstić information content (AvgIpc) is 2.47. The summed E-state index contributed by atoms with van der Waals surface area (Å²) in [5.74, 6) is 0. The Morgan fingerprint density at radius 2 is 2.00 bits per heavy atom. The number of anilines is 1. The molecule has 1 saturated heterocycles. The maximum Gasteiger partial charge on any atom is 0.280 e. The third kappa shape index (κ3) is 3.12. The second-order valence-corrected chi connectivity index (χ2v) is 4.67. The second-order valence-electron chi connectivity index (χ2n) is 4.67. The number of aldehydes is 1. The van der Waals surface area contributed by atoms with Crippen molar-refractivity contribution in [3.8, 4) is 0 Å². The zero-order valence-corrected chi connectivity index (χ0v) is 11.1. The fraction of sp³-hybridized carbons (Fsp3) is 0.462. The number of hydrogen-bond acceptors (Lipinski definition) is 6. The molecular weight excluding hydrogens is 262 g/mol. The van der Waals surface area contributed by atoms with Crippen molar-refractivity contribution >= 4 is 17.7 Å². The van der Waals surface area contributed by atoms with Gasteiger partial charge in [0.25, 0.3) is 5.69 Å². The van der Waals surface area contributed by atoms with Gasteiger partial charge in [0, 0.05) is 44.5 Å². The van der Waals surface area contributed by atoms with Gasteiger partial charge >= 0.3 is 0 Å². The van der Waals surface area contributed by atoms with Crippen LogP contribution in [0.5, 0.6) is 0 Å². The van der Waals surface area contributed by atoms with Gasteiger partial charge in [-0.25, -0.2) is 0 Å². The minimum absolute atomic E-state index is 0.102. The molecule has 2 rings (SSSR count). The first-order valence-corrected chi connectivity index (χ1v) is 6.47. The van der Waals surface area contributed by atoms with Gasteiger partial charge in [-0.15, -0.1) is 0 Å². The zero-order valence-electron chi connectivity index (χ0n) is 11.1. The Hall–Kier alpha value is -1.99. The second kappa shape index (κ2) is 6.44. The Kier molecular flexibility index (Phi) is 4.65. The number of carbonyl (C=O) groups is 1. The largest absolute Gasteiger partial charge is 0.395 e. The lowest BCUT2D eigenvalue weighted by molar-refractivity contribution is -0.385. The molecule has 1 aromatic rings. The van der Waals surface area contributed by atoms with E-state index in [0.717, 1.165) is 31.9 Å². The Morgan fingerprint density at radius 3 is 2.55 bits per heavy atom. The number of carbonyl (C=O) groups excluding carboxylic acids is 1. The predicted octanol–water partition coefficient (Wildman–Crippen LogP) is 0.522. The smallest absolute Gasteiger partial charge is 0.280 e. The van der Waals surface area contributed by atoms with Crippen molar-refractivity contribution < 1.29 is 14.8 Å². The van der Waals surface area contributed by atoms with Gasteiger partial charge in [-0.2, -0.15) is 0 Å². The van der Waals surface area contributed by atoms with Gasteiger partial charge in [-0.3, -0.25) is 19.8 Å². The third-order valence-corrected chi connectivity index (χ3v) is 3.49. The molecule has 0 amide bonds. The molecule has 0 aromatic heterocycles. The van der Waals surface area contributed by atoms with Gasteiger partial charge in [0.1, 0.15) is 0 Å². The van der Waals surface area contributed by atoms with Gasteiger partial charge in [0.05, 0.1) is 17.1 Å². The number of aliphatic hydroxyl groups is 1. The normalized spacial score (nSPS) is 16.1. The average molecular weight is 279 g/mol. The first-order chi connectivity index (χ1) is 9.65. The Morgan fingerprint density at radius 1 is 1.30 bits per heavy atom. The van der Waals surface area contributed by atoms with Gasteiger partial charge in [0.15, 0.2) is 6.29 Å². The molecule has 1 heterocycles. The summed E-state index contributed by atoms with van der Waals surface area (Å²) in [6.07, 6.45) is 0.518. The molecule has 0 radical (unpaired) electrons. The standard InChI is InChI=1S/C13H17N3O4/c17-8-7-14-3-5-15(6-4-14)12-1-2-13(16(19)20)11(9-12)10-18/h1-2,9-10,17H,3-8H2. The molecule has 0 aliphatic carbocycles. The van der Waals surface area contributed by atoms with Crippen LogP contribution in [-0.2, 0) is 0 Å². The highest BCUT2D eigenvalue weighted by atomic mass is 16.6. The lowest BCUT2D eigenvalue weighted by Gasteiger charge is -2.35. The summed E-state index contributed by atoms with van der Waals surface area (Å²) in [6.45, 7) is 4.01. The van der Waals surface area contributed by atoms with Crippen molar-refractivity contribution in [2.45, 2.75) is 0 Å². The molecular formula is C13H17N3O4. The maximum absolute atomic E-state index is 10.9. The van der Waals surface area contributed by atoms with Gasteiger partial charge in [0.2, 0.25) is 0 Å². The lowest BCUT2D eigenvalue weighted by Crippen LogP contribution is -2.47. The molecule has 0 unspecified atom stereocenters. The van der Waals surface area contributed by atoms with E-state index >= 15 is 0 Å². The van der Waals surface area contributed by atoms with Crippen LogP contribution in [0.2, 0.25) is 0 Å². The molecule has 0 saturated carbocycles. The Labute approximate surface area is 116 Å². The lowest BCUT2D eigenvalue weighted by atomic mass is 10.1. The van der Waals surface area contributed by atoms with Crippen molar-refractivity contribution in [2.75, 3.05) is 44.2 Å². The maximum atomic E-state index is 10.9. The summed E-state index contributed by atoms with van der Waals surface area (Å²) in [4.78, 5) is 25.4. The van der Waals surface area contributed by atoms with E-state index < -0.39 is 4.92 Å². The zero-order chi connectivity index (χ0) is 14.5. The molecule has 1 N–H and O–H groups in total. The molecule has 0 bridgehead atoms. The number of nitro benzene ring substituents is 1. The minimum atomic E-state index is -0.549. The van der Waals surface area contributed by atoms with E-state index in [1.54, 1.807) is 12.1 Å². The molecule has 7 heteroatoms. The van der Waals surface area contributed by atoms with E-state index in [1.807, 2.05) is 0 Å². The molecule has 0 atom stereocenters. The van der Waals surface area contributed by atoms with Crippen LogP contribution in [0.15, 0.2) is 18.2 Å². The van der Waals surface area contributed by atoms with Crippen molar-refractivity contribution in [1.29, 1.82) is 0 Å². The molecule has 20 heavy (non-hydrogen) atoms. The van der Waals surface area contributed by atoms with Crippen LogP contribution >= 0.6 is 0 Å². The number of nitro groups is 1. The number of benzene rings is 1. The third-order valence-electron chi connectivity index (χ3n) is 3.49. The molecule has 0 spiro atoms. The molecule has 1 aromatic carbocycles. The number of aliphatic hydroxyl groups excluding tert-OH is 1. The highest BCUT2D eigenvalue weighted by Crippen LogP contribution is 2.24. The van der Waals surface area contributed by atoms with E-state index in [0.29, 0.717) is 12.8 Å². The monoisotopic (exact) mass is 279 g/mol. The van der Waals surface area contributed by atoms with Crippen LogP contribution in [0.4, 0.5) is 11.4 Å². The molecule has 1 aliphatic heterocycles. The summed E-state index contributed by atoms with van der Waals surface area (Å²) in [6, 6.07) is 4.61. The van der Waals surface area contributed by atoms with Crippen molar-refractivity contribution in [2.24, 2.45) is 0 Å². The molecule has 108 valence electrons. The SMILES string of the molecule is O=Cc1cc(N2CCN(CCO)CC2)ccc1[N+](=O)[O-]. The van der Waals surface area contributed by atoms with Crippen LogP contribution < -0.4 is 4.90 Å². The van der Waals surface area contributed by atoms with Crippen molar-refractivity contribution in [3.05, 3.63) is 33.9 Å². The van der Waals surface area contributed by atoms with Gasteiger partial charge in [-0.05, 0) is 12.1 Å². The number of piperazine rings is 1. The Bertz CT molecular complexity index is 498. The van der Waals surface area contributed by atoms with Crippen molar-refractivity contribution in [3.63, 3.8) is 0 Å². The van der Waals surface area contributed by atoms with E-state index in [-0.39, 0.29) is 17.9 Å². The van der Waals surface area contributed by atoms with Crippen molar-refractivity contribution in [1.82, 2.24) is 4.90 Å². The van der Waals surface area contributed by atoms with Gasteiger partial charge in [-0.1, -0.05) is 0 Å². The highest BCUT2D eigenvalue weighted by Gasteiger charge is 2.19. The summed E-state index contributed by atoms with van der Waals surface area (Å²) in [5.41, 5.74) is 0.759. The quantitative estimate of drug-likeness (QED) is 0.480. The van der Waals surface area contributed by atoms with Crippen LogP contribution in [0.1, 0.15) is 10.4 Å². The first kappa shape index (κ1) is 14.4. The topological polar surface area (TPSA) is 86.9 Å². The van der Waals surface area contributed by atoms with Crippen LogP contribution in [-0.4, -0.2) is 60.5 Å². The summed E-state index contributed by atoms with van der Waals surface area (Å²) >= 11 is 0.